The molecule has 0 heterocycles. The number of carbonyl (C=O) groups excluding carboxylic acids is 1. The van der Waals surface area contributed by atoms with E-state index in [0.29, 0.717) is 0 Å². The van der Waals surface area contributed by atoms with Gasteiger partial charge < -0.3 is 5.73 Å². The molecule has 2 nitrogen and oxygen atoms in total. The molecule has 0 aliphatic carbocycles. The van der Waals surface area contributed by atoms with Gasteiger partial charge in [0.25, 0.3) is 0 Å². The van der Waals surface area contributed by atoms with Crippen LogP contribution in [0.25, 0.3) is 0 Å². The maximum Gasteiger partial charge on any atom is 0.229 e. The summed E-state index contributed by atoms with van der Waals surface area (Å²) in [6.45, 7) is 3.42. The van der Waals surface area contributed by atoms with Gasteiger partial charge in [0.05, 0.1) is 5.92 Å². The molecule has 0 aliphatic rings. The third-order valence-electron chi connectivity index (χ3n) is 1.75. The first-order valence-corrected chi connectivity index (χ1v) is 3.96. The standard InChI is InChI=1S/C11H11NO/c1-2-6-10(11(12)13)9-7-4-3-5-8-9/h3-8,10H,1H2,(H2,12,13). The van der Waals surface area contributed by atoms with Gasteiger partial charge in [0.1, 0.15) is 0 Å². The molecule has 0 saturated carbocycles. The van der Waals surface area contributed by atoms with Crippen LogP contribution in [0.3, 0.4) is 0 Å². The number of primary amides is 1. The Morgan fingerprint density at radius 2 is 2.08 bits per heavy atom. The van der Waals surface area contributed by atoms with Gasteiger partial charge in [0.15, 0.2) is 0 Å². The van der Waals surface area contributed by atoms with Crippen LogP contribution in [0.4, 0.5) is 0 Å². The second kappa shape index (κ2) is 4.29. The molecule has 0 aromatic heterocycles. The van der Waals surface area contributed by atoms with Crippen LogP contribution in [0.5, 0.6) is 0 Å². The molecule has 1 amide bonds. The van der Waals surface area contributed by atoms with Crippen molar-refractivity contribution in [1.82, 2.24) is 0 Å². The normalized spacial score (nSPS) is 11.4. The molecule has 0 spiro atoms. The first-order chi connectivity index (χ1) is 6.25. The van der Waals surface area contributed by atoms with Gasteiger partial charge in [-0.05, 0) is 11.6 Å². The van der Waals surface area contributed by atoms with Gasteiger partial charge in [-0.3, -0.25) is 4.79 Å². The molecule has 0 bridgehead atoms. The van der Waals surface area contributed by atoms with E-state index in [4.69, 9.17) is 5.73 Å². The average molecular weight is 173 g/mol. The lowest BCUT2D eigenvalue weighted by molar-refractivity contribution is -0.118. The van der Waals surface area contributed by atoms with Crippen LogP contribution in [0, 0.1) is 0 Å². The topological polar surface area (TPSA) is 43.1 Å². The van der Waals surface area contributed by atoms with E-state index in [-0.39, 0.29) is 5.91 Å². The van der Waals surface area contributed by atoms with Crippen LogP contribution in [0.2, 0.25) is 0 Å². The Bertz CT molecular complexity index is 334. The molecule has 0 saturated heterocycles. The summed E-state index contributed by atoms with van der Waals surface area (Å²) < 4.78 is 0. The maximum absolute atomic E-state index is 11.0. The molecule has 13 heavy (non-hydrogen) atoms. The van der Waals surface area contributed by atoms with E-state index in [0.717, 1.165) is 5.56 Å². The highest BCUT2D eigenvalue weighted by Crippen LogP contribution is 2.15. The van der Waals surface area contributed by atoms with E-state index in [9.17, 15) is 4.79 Å². The van der Waals surface area contributed by atoms with Crippen molar-refractivity contribution in [3.63, 3.8) is 0 Å². The molecule has 0 radical (unpaired) electrons. The van der Waals surface area contributed by atoms with Crippen molar-refractivity contribution in [1.29, 1.82) is 0 Å². The SMILES string of the molecule is C=C=CC(C(N)=O)c1ccccc1. The fourth-order valence-electron chi connectivity index (χ4n) is 1.12. The minimum atomic E-state index is -0.418. The molecular weight excluding hydrogens is 162 g/mol. The van der Waals surface area contributed by atoms with Crippen LogP contribution in [0.15, 0.2) is 48.7 Å². The minimum Gasteiger partial charge on any atom is -0.369 e. The molecule has 0 fully saturated rings. The number of hydrogen-bond acceptors (Lipinski definition) is 1. The number of amides is 1. The van der Waals surface area contributed by atoms with Crippen LogP contribution in [0.1, 0.15) is 11.5 Å². The number of hydrogen-bond donors (Lipinski definition) is 1. The molecular formula is C11H11NO. The number of nitrogens with two attached hydrogens (primary N) is 1. The zero-order chi connectivity index (χ0) is 9.68. The van der Waals surface area contributed by atoms with Crippen molar-refractivity contribution in [2.45, 2.75) is 5.92 Å². The number of carbonyl (C=O) groups is 1. The van der Waals surface area contributed by atoms with Crippen LogP contribution < -0.4 is 5.73 Å². The van der Waals surface area contributed by atoms with Crippen LogP contribution >= 0.6 is 0 Å². The van der Waals surface area contributed by atoms with E-state index in [1.165, 1.54) is 0 Å². The smallest absolute Gasteiger partial charge is 0.229 e. The summed E-state index contributed by atoms with van der Waals surface area (Å²) in [4.78, 5) is 11.0. The van der Waals surface area contributed by atoms with Gasteiger partial charge >= 0.3 is 0 Å². The maximum atomic E-state index is 11.0. The van der Waals surface area contributed by atoms with Crippen LogP contribution in [-0.4, -0.2) is 5.91 Å². The molecule has 0 aliphatic heterocycles. The summed E-state index contributed by atoms with van der Waals surface area (Å²) in [6, 6.07) is 9.32. The molecule has 1 aromatic carbocycles. The second-order valence-electron chi connectivity index (χ2n) is 2.66. The zero-order valence-corrected chi connectivity index (χ0v) is 7.23. The lowest BCUT2D eigenvalue weighted by Crippen LogP contribution is -2.19. The highest BCUT2D eigenvalue weighted by atomic mass is 16.1. The third kappa shape index (κ3) is 2.32. The monoisotopic (exact) mass is 173 g/mol. The highest BCUT2D eigenvalue weighted by Gasteiger charge is 2.12. The van der Waals surface area contributed by atoms with Crippen molar-refractivity contribution in [3.8, 4) is 0 Å². The fourth-order valence-corrected chi connectivity index (χ4v) is 1.12. The van der Waals surface area contributed by atoms with E-state index in [1.54, 1.807) is 6.08 Å². The molecule has 66 valence electrons. The quantitative estimate of drug-likeness (QED) is 0.693. The second-order valence-corrected chi connectivity index (χ2v) is 2.66. The number of rotatable bonds is 3. The Kier molecular flexibility index (Phi) is 3.07. The number of benzene rings is 1. The lowest BCUT2D eigenvalue weighted by Gasteiger charge is -2.06. The van der Waals surface area contributed by atoms with Gasteiger partial charge in [-0.2, -0.15) is 0 Å². The van der Waals surface area contributed by atoms with E-state index in [1.807, 2.05) is 30.3 Å². The summed E-state index contributed by atoms with van der Waals surface area (Å²) in [5, 5.41) is 0. The zero-order valence-electron chi connectivity index (χ0n) is 7.23. The summed E-state index contributed by atoms with van der Waals surface area (Å²) in [5.74, 6) is -0.805. The summed E-state index contributed by atoms with van der Waals surface area (Å²) >= 11 is 0. The Hall–Kier alpha value is -1.79. The van der Waals surface area contributed by atoms with Crippen LogP contribution in [-0.2, 0) is 4.79 Å². The molecule has 2 N–H and O–H groups in total. The Labute approximate surface area is 77.4 Å². The summed E-state index contributed by atoms with van der Waals surface area (Å²) in [7, 11) is 0. The van der Waals surface area contributed by atoms with Crippen molar-refractivity contribution in [3.05, 3.63) is 54.3 Å². The molecule has 1 unspecified atom stereocenters. The summed E-state index contributed by atoms with van der Waals surface area (Å²) in [5.41, 5.74) is 8.66. The van der Waals surface area contributed by atoms with E-state index >= 15 is 0 Å². The van der Waals surface area contributed by atoms with Gasteiger partial charge in [-0.25, -0.2) is 0 Å². The van der Waals surface area contributed by atoms with Gasteiger partial charge in [0.2, 0.25) is 5.91 Å². The fraction of sp³-hybridized carbons (Fsp3) is 0.0909. The molecule has 1 aromatic rings. The Balaban J connectivity index is 3.02. The third-order valence-corrected chi connectivity index (χ3v) is 1.75. The predicted octanol–water partition coefficient (Wildman–Crippen LogP) is 1.60. The molecule has 2 heteroatoms. The van der Waals surface area contributed by atoms with Crippen molar-refractivity contribution in [2.24, 2.45) is 5.73 Å². The molecule has 1 atom stereocenters. The van der Waals surface area contributed by atoms with Gasteiger partial charge in [0, 0.05) is 0 Å². The highest BCUT2D eigenvalue weighted by molar-refractivity contribution is 5.83. The summed E-state index contributed by atoms with van der Waals surface area (Å²) in [6.07, 6.45) is 1.57. The Morgan fingerprint density at radius 1 is 1.46 bits per heavy atom. The minimum absolute atomic E-state index is 0.387. The van der Waals surface area contributed by atoms with Gasteiger partial charge in [-0.1, -0.05) is 36.9 Å². The predicted molar refractivity (Wildman–Crippen MR) is 52.1 cm³/mol. The largest absolute Gasteiger partial charge is 0.369 e. The first-order valence-electron chi connectivity index (χ1n) is 3.96. The first kappa shape index (κ1) is 9.30. The van der Waals surface area contributed by atoms with E-state index in [2.05, 4.69) is 12.3 Å². The van der Waals surface area contributed by atoms with Crippen molar-refractivity contribution < 1.29 is 4.79 Å². The average Bonchev–Trinajstić information content (AvgIpc) is 2.15. The Morgan fingerprint density at radius 3 is 2.54 bits per heavy atom. The lowest BCUT2D eigenvalue weighted by atomic mass is 9.99. The van der Waals surface area contributed by atoms with Gasteiger partial charge in [-0.15, -0.1) is 5.73 Å². The van der Waals surface area contributed by atoms with Crippen molar-refractivity contribution >= 4 is 5.91 Å². The van der Waals surface area contributed by atoms with Crippen molar-refractivity contribution in [2.75, 3.05) is 0 Å². The molecule has 1 rings (SSSR count). The van der Waals surface area contributed by atoms with E-state index < -0.39 is 5.92 Å².